The van der Waals surface area contributed by atoms with Gasteiger partial charge < -0.3 is 4.74 Å². The van der Waals surface area contributed by atoms with E-state index < -0.39 is 21.0 Å². The number of benzene rings is 1. The fourth-order valence-corrected chi connectivity index (χ4v) is 5.94. The number of hydrogen-bond acceptors (Lipinski definition) is 5. The first kappa shape index (κ1) is 15.4. The maximum Gasteiger partial charge on any atom is 0.270 e. The van der Waals surface area contributed by atoms with E-state index in [0.717, 1.165) is 9.87 Å². The minimum absolute atomic E-state index is 0.110. The second-order valence-electron chi connectivity index (χ2n) is 5.30. The minimum atomic E-state index is -3.94. The van der Waals surface area contributed by atoms with Gasteiger partial charge in [0.05, 0.1) is 17.1 Å². The highest BCUT2D eigenvalue weighted by molar-refractivity contribution is 8.01. The highest BCUT2D eigenvalue weighted by Gasteiger charge is 2.61. The van der Waals surface area contributed by atoms with Gasteiger partial charge in [0.15, 0.2) is 0 Å². The number of thioether (sulfide) groups is 1. The molecule has 118 valence electrons. The molecular weight excluding hydrogens is 322 g/mol. The summed E-state index contributed by atoms with van der Waals surface area (Å²) >= 11 is 1.33. The van der Waals surface area contributed by atoms with Gasteiger partial charge in [0, 0.05) is 6.42 Å². The summed E-state index contributed by atoms with van der Waals surface area (Å²) in [6.45, 7) is 3.80. The first-order valence-corrected chi connectivity index (χ1v) is 9.48. The van der Waals surface area contributed by atoms with Crippen LogP contribution < -0.4 is 0 Å². The Morgan fingerprint density at radius 1 is 1.36 bits per heavy atom. The van der Waals surface area contributed by atoms with E-state index in [2.05, 4.69) is 0 Å². The Kier molecular flexibility index (Phi) is 3.72. The molecule has 1 amide bonds. The normalized spacial score (nSPS) is 27.1. The van der Waals surface area contributed by atoms with E-state index >= 15 is 0 Å². The largest absolute Gasteiger partial charge is 0.465 e. The molecular formula is C15H17NO4S2. The number of carbonyl (C=O) groups is 1. The smallest absolute Gasteiger partial charge is 0.270 e. The van der Waals surface area contributed by atoms with Crippen LogP contribution in [0.3, 0.4) is 0 Å². The summed E-state index contributed by atoms with van der Waals surface area (Å²) in [5.74, 6) is -0.0215. The van der Waals surface area contributed by atoms with E-state index in [1.807, 2.05) is 13.8 Å². The van der Waals surface area contributed by atoms with Crippen LogP contribution in [0, 0.1) is 12.8 Å². The van der Waals surface area contributed by atoms with E-state index in [1.54, 1.807) is 18.2 Å². The summed E-state index contributed by atoms with van der Waals surface area (Å²) in [6.07, 6.45) is 3.41. The van der Waals surface area contributed by atoms with E-state index in [4.69, 9.17) is 4.74 Å². The Hall–Kier alpha value is -1.47. The van der Waals surface area contributed by atoms with Gasteiger partial charge >= 0.3 is 0 Å². The Morgan fingerprint density at radius 2 is 2.05 bits per heavy atom. The van der Waals surface area contributed by atoms with Gasteiger partial charge in [-0.2, -0.15) is 4.31 Å². The van der Waals surface area contributed by atoms with Crippen LogP contribution >= 0.6 is 11.8 Å². The number of carbonyl (C=O) groups excluding carboxylic acids is 1. The Morgan fingerprint density at radius 3 is 2.68 bits per heavy atom. The van der Waals surface area contributed by atoms with Crippen LogP contribution in [0.15, 0.2) is 41.5 Å². The molecule has 2 atom stereocenters. The number of fused-ring (bicyclic) bond motifs is 1. The molecule has 2 aliphatic rings. The zero-order chi connectivity index (χ0) is 16.0. The third-order valence-electron chi connectivity index (χ3n) is 3.83. The predicted molar refractivity (Wildman–Crippen MR) is 84.4 cm³/mol. The molecule has 0 radical (unpaired) electrons. The standard InChI is InChI=1S/C15H17NO4S2/c1-3-21-15-12(8-9-20-15)10-14(17)16(15)22(18,19)13-6-4-11(2)5-7-13/h4-9,12H,3,10H2,1-2H3/t12-,15+/m1/s1. The van der Waals surface area contributed by atoms with Gasteiger partial charge in [-0.05, 0) is 30.9 Å². The Labute approximate surface area is 134 Å². The van der Waals surface area contributed by atoms with E-state index in [-0.39, 0.29) is 17.2 Å². The van der Waals surface area contributed by atoms with Crippen LogP contribution in [0.5, 0.6) is 0 Å². The van der Waals surface area contributed by atoms with Gasteiger partial charge in [-0.3, -0.25) is 4.79 Å². The molecule has 1 aromatic carbocycles. The average molecular weight is 339 g/mol. The number of ether oxygens (including phenoxy) is 1. The molecule has 0 saturated carbocycles. The number of sulfonamides is 1. The first-order valence-electron chi connectivity index (χ1n) is 7.05. The fourth-order valence-electron chi connectivity index (χ4n) is 2.80. The summed E-state index contributed by atoms with van der Waals surface area (Å²) < 4.78 is 32.5. The summed E-state index contributed by atoms with van der Waals surface area (Å²) in [5.41, 5.74) is 0.959. The van der Waals surface area contributed by atoms with Crippen LogP contribution in [0.4, 0.5) is 0 Å². The molecule has 0 aromatic heterocycles. The molecule has 2 aliphatic heterocycles. The molecule has 1 fully saturated rings. The quantitative estimate of drug-likeness (QED) is 0.843. The summed E-state index contributed by atoms with van der Waals surface area (Å²) in [7, 11) is -3.94. The topological polar surface area (TPSA) is 63.7 Å². The highest BCUT2D eigenvalue weighted by Crippen LogP contribution is 2.51. The van der Waals surface area contributed by atoms with Crippen LogP contribution in [0.25, 0.3) is 0 Å². The molecule has 0 aliphatic carbocycles. The van der Waals surface area contributed by atoms with Crippen LogP contribution in [-0.4, -0.2) is 29.4 Å². The molecule has 0 unspecified atom stereocenters. The van der Waals surface area contributed by atoms with Crippen molar-refractivity contribution in [3.8, 4) is 0 Å². The monoisotopic (exact) mass is 339 g/mol. The molecule has 5 nitrogen and oxygen atoms in total. The van der Waals surface area contributed by atoms with Crippen LogP contribution in [0.1, 0.15) is 18.9 Å². The molecule has 22 heavy (non-hydrogen) atoms. The molecule has 1 saturated heterocycles. The molecule has 2 heterocycles. The summed E-state index contributed by atoms with van der Waals surface area (Å²) in [5, 5.41) is -1.17. The van der Waals surface area contributed by atoms with Crippen molar-refractivity contribution in [2.75, 3.05) is 5.75 Å². The number of aryl methyl sites for hydroxylation is 1. The van der Waals surface area contributed by atoms with Crippen LogP contribution in [0.2, 0.25) is 0 Å². The SMILES string of the molecule is CCS[C@@]12OC=C[C@@H]1CC(=O)N2S(=O)(=O)c1ccc(C)cc1. The van der Waals surface area contributed by atoms with Gasteiger partial charge in [0.2, 0.25) is 5.91 Å². The van der Waals surface area contributed by atoms with Crippen molar-refractivity contribution in [2.24, 2.45) is 5.92 Å². The van der Waals surface area contributed by atoms with Crippen molar-refractivity contribution >= 4 is 27.7 Å². The lowest BCUT2D eigenvalue weighted by molar-refractivity contribution is -0.127. The lowest BCUT2D eigenvalue weighted by Crippen LogP contribution is -2.49. The highest BCUT2D eigenvalue weighted by atomic mass is 32.2. The minimum Gasteiger partial charge on any atom is -0.465 e. The third-order valence-corrected chi connectivity index (χ3v) is 7.05. The van der Waals surface area contributed by atoms with Crippen molar-refractivity contribution in [2.45, 2.75) is 30.2 Å². The van der Waals surface area contributed by atoms with Crippen molar-refractivity contribution in [1.29, 1.82) is 0 Å². The zero-order valence-corrected chi connectivity index (χ0v) is 14.0. The Balaban J connectivity index is 2.08. The van der Waals surface area contributed by atoms with Gasteiger partial charge in [0.1, 0.15) is 0 Å². The third kappa shape index (κ3) is 2.14. The van der Waals surface area contributed by atoms with Crippen molar-refractivity contribution in [1.82, 2.24) is 4.31 Å². The lowest BCUT2D eigenvalue weighted by Gasteiger charge is -2.35. The molecule has 1 aromatic rings. The van der Waals surface area contributed by atoms with Gasteiger partial charge in [-0.25, -0.2) is 8.42 Å². The van der Waals surface area contributed by atoms with Gasteiger partial charge in [0.25, 0.3) is 15.1 Å². The zero-order valence-electron chi connectivity index (χ0n) is 12.4. The lowest BCUT2D eigenvalue weighted by atomic mass is 10.1. The number of rotatable bonds is 4. The first-order chi connectivity index (χ1) is 10.4. The van der Waals surface area contributed by atoms with Gasteiger partial charge in [-0.15, -0.1) is 0 Å². The number of amides is 1. The van der Waals surface area contributed by atoms with E-state index in [1.165, 1.54) is 30.2 Å². The predicted octanol–water partition coefficient (Wildman–Crippen LogP) is 2.48. The fraction of sp³-hybridized carbons (Fsp3) is 0.400. The molecule has 7 heteroatoms. The second kappa shape index (κ2) is 5.31. The van der Waals surface area contributed by atoms with E-state index in [0.29, 0.717) is 5.75 Å². The second-order valence-corrected chi connectivity index (χ2v) is 8.53. The maximum atomic E-state index is 13.0. The van der Waals surface area contributed by atoms with Gasteiger partial charge in [-0.1, -0.05) is 36.4 Å². The number of nitrogens with zero attached hydrogens (tertiary/aromatic N) is 1. The molecule has 3 rings (SSSR count). The maximum absolute atomic E-state index is 13.0. The summed E-state index contributed by atoms with van der Waals surface area (Å²) in [6, 6.07) is 6.49. The molecule has 0 bridgehead atoms. The van der Waals surface area contributed by atoms with Crippen molar-refractivity contribution in [3.05, 3.63) is 42.2 Å². The van der Waals surface area contributed by atoms with E-state index in [9.17, 15) is 13.2 Å². The molecule has 0 spiro atoms. The van der Waals surface area contributed by atoms with Crippen molar-refractivity contribution < 1.29 is 17.9 Å². The average Bonchev–Trinajstić information content (AvgIpc) is 2.93. The molecule has 0 N–H and O–H groups in total. The Bertz CT molecular complexity index is 726. The van der Waals surface area contributed by atoms with Crippen LogP contribution in [-0.2, 0) is 19.6 Å². The number of hydrogen-bond donors (Lipinski definition) is 0. The summed E-state index contributed by atoms with van der Waals surface area (Å²) in [4.78, 5) is 12.5. The van der Waals surface area contributed by atoms with Crippen molar-refractivity contribution in [3.63, 3.8) is 0 Å².